The lowest BCUT2D eigenvalue weighted by Gasteiger charge is -1.95. The Hall–Kier alpha value is -0.710. The van der Waals surface area contributed by atoms with Crippen molar-refractivity contribution >= 4 is 22.9 Å². The Morgan fingerprint density at radius 2 is 2.44 bits per heavy atom. The van der Waals surface area contributed by atoms with Gasteiger partial charge in [-0.1, -0.05) is 11.8 Å². The van der Waals surface area contributed by atoms with E-state index in [4.69, 9.17) is 11.1 Å². The van der Waals surface area contributed by atoms with Crippen LogP contribution in [0.1, 0.15) is 0 Å². The van der Waals surface area contributed by atoms with Gasteiger partial charge < -0.3 is 10.5 Å². The Labute approximate surface area is 57.3 Å². The van der Waals surface area contributed by atoms with Crippen LogP contribution in [0.5, 0.6) is 0 Å². The molecule has 0 saturated carbocycles. The third-order valence-corrected chi connectivity index (χ3v) is 1.26. The Morgan fingerprint density at radius 3 is 2.78 bits per heavy atom. The maximum absolute atomic E-state index is 10.3. The van der Waals surface area contributed by atoms with E-state index in [-0.39, 0.29) is 16.9 Å². The Balaban J connectivity index is 3.28. The minimum absolute atomic E-state index is 0.0691. The van der Waals surface area contributed by atoms with Crippen LogP contribution in [-0.4, -0.2) is 24.0 Å². The third kappa shape index (κ3) is 5.16. The van der Waals surface area contributed by atoms with Gasteiger partial charge in [0.2, 0.25) is 0 Å². The monoisotopic (exact) mass is 148 g/mol. The minimum atomic E-state index is -0.366. The van der Waals surface area contributed by atoms with Crippen molar-refractivity contribution in [3.05, 3.63) is 0 Å². The number of hydrogen-bond donors (Lipinski definition) is 2. The van der Waals surface area contributed by atoms with Crippen molar-refractivity contribution in [1.82, 2.24) is 0 Å². The lowest BCUT2D eigenvalue weighted by Crippen LogP contribution is -2.10. The van der Waals surface area contributed by atoms with E-state index in [1.54, 1.807) is 0 Å². The van der Waals surface area contributed by atoms with Gasteiger partial charge in [0, 0.05) is 0 Å². The number of ether oxygens (including phenoxy) is 1. The molecule has 0 aliphatic rings. The number of thioether (sulfide) groups is 1. The van der Waals surface area contributed by atoms with Gasteiger partial charge in [-0.25, -0.2) is 0 Å². The molecule has 0 rings (SSSR count). The minimum Gasteiger partial charge on any atom is -0.468 e. The van der Waals surface area contributed by atoms with Crippen LogP contribution in [0.25, 0.3) is 0 Å². The van der Waals surface area contributed by atoms with Crippen LogP contribution >= 0.6 is 11.8 Å². The quantitative estimate of drug-likeness (QED) is 0.322. The highest BCUT2D eigenvalue weighted by Gasteiger charge is 1.99. The summed E-state index contributed by atoms with van der Waals surface area (Å²) < 4.78 is 4.29. The molecule has 0 fully saturated rings. The van der Waals surface area contributed by atoms with E-state index in [1.807, 2.05) is 0 Å². The first-order valence-electron chi connectivity index (χ1n) is 2.20. The van der Waals surface area contributed by atoms with Crippen molar-refractivity contribution < 1.29 is 9.53 Å². The molecule has 0 atom stereocenters. The molecule has 0 aliphatic heterocycles. The van der Waals surface area contributed by atoms with Crippen LogP contribution in [0.3, 0.4) is 0 Å². The summed E-state index contributed by atoms with van der Waals surface area (Å²) in [7, 11) is 1.29. The Bertz CT molecular complexity index is 126. The molecule has 4 nitrogen and oxygen atoms in total. The fraction of sp³-hybridized carbons (Fsp3) is 0.500. The van der Waals surface area contributed by atoms with E-state index in [2.05, 4.69) is 4.74 Å². The van der Waals surface area contributed by atoms with Gasteiger partial charge in [-0.05, 0) is 0 Å². The number of carbonyl (C=O) groups excluding carboxylic acids is 1. The summed E-state index contributed by atoms with van der Waals surface area (Å²) in [6, 6.07) is 0. The molecule has 0 aromatic rings. The van der Waals surface area contributed by atoms with Gasteiger partial charge in [0.15, 0.2) is 5.17 Å². The normalized spacial score (nSPS) is 8.56. The van der Waals surface area contributed by atoms with Crippen molar-refractivity contribution in [2.45, 2.75) is 0 Å². The van der Waals surface area contributed by atoms with Gasteiger partial charge >= 0.3 is 5.97 Å². The standard InChI is InChI=1S/C4H8N2O2S/c1-8-3(7)2-9-4(5)6/h2H2,1H3,(H3,5,6). The molecule has 0 radical (unpaired) electrons. The zero-order valence-corrected chi connectivity index (χ0v) is 5.83. The zero-order valence-electron chi connectivity index (χ0n) is 5.01. The smallest absolute Gasteiger partial charge is 0.316 e. The maximum Gasteiger partial charge on any atom is 0.316 e. The maximum atomic E-state index is 10.3. The molecule has 9 heavy (non-hydrogen) atoms. The number of rotatable bonds is 2. The summed E-state index contributed by atoms with van der Waals surface area (Å²) in [5, 5.41) is 6.63. The molecule has 0 saturated heterocycles. The molecule has 0 bridgehead atoms. The predicted molar refractivity (Wildman–Crippen MR) is 36.4 cm³/mol. The molecule has 0 heterocycles. The number of hydrogen-bond acceptors (Lipinski definition) is 4. The first kappa shape index (κ1) is 8.29. The molecule has 0 unspecified atom stereocenters. The number of esters is 1. The first-order chi connectivity index (χ1) is 4.16. The second kappa shape index (κ2) is 4.20. The number of amidine groups is 1. The topological polar surface area (TPSA) is 76.2 Å². The van der Waals surface area contributed by atoms with Crippen LogP contribution in [-0.2, 0) is 9.53 Å². The molecule has 3 N–H and O–H groups in total. The second-order valence-electron chi connectivity index (χ2n) is 1.23. The van der Waals surface area contributed by atoms with E-state index in [9.17, 15) is 4.79 Å². The molecule has 52 valence electrons. The van der Waals surface area contributed by atoms with E-state index in [0.717, 1.165) is 11.8 Å². The average Bonchev–Trinajstić information content (AvgIpc) is 1.83. The summed E-state index contributed by atoms with van der Waals surface area (Å²) in [5.74, 6) is -0.249. The van der Waals surface area contributed by atoms with E-state index < -0.39 is 0 Å². The summed E-state index contributed by atoms with van der Waals surface area (Å²) in [4.78, 5) is 10.3. The Kier molecular flexibility index (Phi) is 3.87. The summed E-state index contributed by atoms with van der Waals surface area (Å²) in [6.07, 6.45) is 0. The van der Waals surface area contributed by atoms with Crippen LogP contribution in [0, 0.1) is 5.41 Å². The van der Waals surface area contributed by atoms with E-state index in [0.29, 0.717) is 0 Å². The fourth-order valence-electron chi connectivity index (χ4n) is 0.196. The van der Waals surface area contributed by atoms with Gasteiger partial charge in [-0.15, -0.1) is 0 Å². The summed E-state index contributed by atoms with van der Waals surface area (Å²) in [6.45, 7) is 0. The van der Waals surface area contributed by atoms with Crippen LogP contribution in [0.4, 0.5) is 0 Å². The highest BCUT2D eigenvalue weighted by Crippen LogP contribution is 1.96. The largest absolute Gasteiger partial charge is 0.468 e. The van der Waals surface area contributed by atoms with Gasteiger partial charge in [-0.2, -0.15) is 0 Å². The van der Waals surface area contributed by atoms with Crippen molar-refractivity contribution in [3.63, 3.8) is 0 Å². The van der Waals surface area contributed by atoms with Crippen molar-refractivity contribution in [2.75, 3.05) is 12.9 Å². The number of methoxy groups -OCH3 is 1. The molecule has 0 aromatic heterocycles. The first-order valence-corrected chi connectivity index (χ1v) is 3.19. The molecule has 0 aliphatic carbocycles. The molecule has 5 heteroatoms. The summed E-state index contributed by atoms with van der Waals surface area (Å²) in [5.41, 5.74) is 4.93. The van der Waals surface area contributed by atoms with Gasteiger partial charge in [0.05, 0.1) is 12.9 Å². The molecule has 0 amide bonds. The number of nitrogens with two attached hydrogens (primary N) is 1. The molecular weight excluding hydrogens is 140 g/mol. The van der Waals surface area contributed by atoms with Gasteiger partial charge in [0.25, 0.3) is 0 Å². The molecular formula is C4H8N2O2S. The zero-order chi connectivity index (χ0) is 7.28. The van der Waals surface area contributed by atoms with E-state index >= 15 is 0 Å². The molecule has 0 aromatic carbocycles. The average molecular weight is 148 g/mol. The van der Waals surface area contributed by atoms with Crippen LogP contribution in [0.2, 0.25) is 0 Å². The number of nitrogens with one attached hydrogen (secondary N) is 1. The molecule has 0 spiro atoms. The van der Waals surface area contributed by atoms with Crippen LogP contribution in [0.15, 0.2) is 0 Å². The highest BCUT2D eigenvalue weighted by molar-refractivity contribution is 8.14. The van der Waals surface area contributed by atoms with Crippen LogP contribution < -0.4 is 5.73 Å². The van der Waals surface area contributed by atoms with Gasteiger partial charge in [-0.3, -0.25) is 10.2 Å². The fourth-order valence-corrected chi connectivity index (χ4v) is 0.587. The highest BCUT2D eigenvalue weighted by atomic mass is 32.2. The van der Waals surface area contributed by atoms with E-state index in [1.165, 1.54) is 7.11 Å². The summed E-state index contributed by atoms with van der Waals surface area (Å²) >= 11 is 0.951. The Morgan fingerprint density at radius 1 is 1.89 bits per heavy atom. The lowest BCUT2D eigenvalue weighted by molar-refractivity contribution is -0.137. The van der Waals surface area contributed by atoms with Crippen molar-refractivity contribution in [1.29, 1.82) is 5.41 Å². The third-order valence-electron chi connectivity index (χ3n) is 0.573. The predicted octanol–water partition coefficient (Wildman–Crippen LogP) is -0.214. The number of carbonyl (C=O) groups is 1. The lowest BCUT2D eigenvalue weighted by atomic mass is 10.8. The van der Waals surface area contributed by atoms with Gasteiger partial charge in [0.1, 0.15) is 0 Å². The second-order valence-corrected chi connectivity index (χ2v) is 2.25. The van der Waals surface area contributed by atoms with Crippen molar-refractivity contribution in [3.8, 4) is 0 Å². The SMILES string of the molecule is COC(=O)CSC(=N)N. The van der Waals surface area contributed by atoms with Crippen molar-refractivity contribution in [2.24, 2.45) is 5.73 Å².